The Morgan fingerprint density at radius 2 is 1.63 bits per heavy atom. The number of halogens is 1. The molecule has 0 fully saturated rings. The van der Waals surface area contributed by atoms with Crippen molar-refractivity contribution in [1.29, 1.82) is 0 Å². The zero-order valence-electron chi connectivity index (χ0n) is 19.8. The quantitative estimate of drug-likeness (QED) is 0.418. The summed E-state index contributed by atoms with van der Waals surface area (Å²) in [6, 6.07) is 22.0. The van der Waals surface area contributed by atoms with Gasteiger partial charge in [-0.3, -0.25) is 9.10 Å². The fourth-order valence-corrected chi connectivity index (χ4v) is 6.22. The molecule has 0 aliphatic carbocycles. The van der Waals surface area contributed by atoms with Crippen molar-refractivity contribution >= 4 is 33.2 Å². The van der Waals surface area contributed by atoms with Crippen LogP contribution in [-0.2, 0) is 14.8 Å². The van der Waals surface area contributed by atoms with Gasteiger partial charge in [-0.25, -0.2) is 8.42 Å². The summed E-state index contributed by atoms with van der Waals surface area (Å²) in [7, 11) is -4.04. The first kappa shape index (κ1) is 25.1. The highest BCUT2D eigenvalue weighted by Gasteiger charge is 2.39. The van der Waals surface area contributed by atoms with E-state index < -0.39 is 28.1 Å². The number of ether oxygens (including phenoxy) is 1. The van der Waals surface area contributed by atoms with Gasteiger partial charge in [0.2, 0.25) is 5.91 Å². The van der Waals surface area contributed by atoms with Gasteiger partial charge in [0.1, 0.15) is 17.9 Å². The Hall–Kier alpha value is -3.03. The lowest BCUT2D eigenvalue weighted by Crippen LogP contribution is -2.47. The highest BCUT2D eigenvalue weighted by molar-refractivity contribution is 7.92. The van der Waals surface area contributed by atoms with Crippen LogP contribution in [-0.4, -0.2) is 26.5 Å². The van der Waals surface area contributed by atoms with E-state index in [-0.39, 0.29) is 21.6 Å². The molecule has 1 heterocycles. The molecular formula is C27H29ClN2O4S. The van der Waals surface area contributed by atoms with Gasteiger partial charge in [0.05, 0.1) is 21.6 Å². The van der Waals surface area contributed by atoms with Crippen LogP contribution in [0.4, 0.5) is 5.69 Å². The summed E-state index contributed by atoms with van der Waals surface area (Å²) in [5.41, 5.74) is 0.732. The van der Waals surface area contributed by atoms with Crippen LogP contribution in [0.15, 0.2) is 83.8 Å². The van der Waals surface area contributed by atoms with Crippen molar-refractivity contribution in [1.82, 2.24) is 5.32 Å². The van der Waals surface area contributed by atoms with Gasteiger partial charge in [0, 0.05) is 12.0 Å². The van der Waals surface area contributed by atoms with E-state index in [1.807, 2.05) is 24.3 Å². The molecular weight excluding hydrogens is 484 g/mol. The average molecular weight is 513 g/mol. The summed E-state index contributed by atoms with van der Waals surface area (Å²) in [6.45, 7) is 3.73. The molecule has 0 saturated carbocycles. The lowest BCUT2D eigenvalue weighted by molar-refractivity contribution is -0.121. The third-order valence-electron chi connectivity index (χ3n) is 6.56. The lowest BCUT2D eigenvalue weighted by atomic mass is 9.83. The van der Waals surface area contributed by atoms with Crippen LogP contribution in [0.25, 0.3) is 0 Å². The second-order valence-electron chi connectivity index (χ2n) is 8.63. The van der Waals surface area contributed by atoms with E-state index in [0.717, 1.165) is 28.5 Å². The minimum absolute atomic E-state index is 0.0834. The van der Waals surface area contributed by atoms with Crippen molar-refractivity contribution < 1.29 is 17.9 Å². The molecule has 1 atom stereocenters. The number of nitrogens with zero attached hydrogens (tertiary/aromatic N) is 1. The first-order chi connectivity index (χ1) is 16.8. The van der Waals surface area contributed by atoms with Gasteiger partial charge in [0.15, 0.2) is 0 Å². The minimum atomic E-state index is -4.04. The number of carbonyl (C=O) groups excluding carboxylic acids is 1. The highest BCUT2D eigenvalue weighted by Crippen LogP contribution is 2.42. The lowest BCUT2D eigenvalue weighted by Gasteiger charge is -2.41. The Morgan fingerprint density at radius 1 is 1.00 bits per heavy atom. The Labute approximate surface area is 211 Å². The van der Waals surface area contributed by atoms with E-state index in [1.54, 1.807) is 42.5 Å². The summed E-state index contributed by atoms with van der Waals surface area (Å²) < 4.78 is 34.5. The molecule has 1 aliphatic rings. The monoisotopic (exact) mass is 512 g/mol. The molecule has 1 aliphatic heterocycles. The first-order valence-electron chi connectivity index (χ1n) is 11.7. The number of sulfonamides is 1. The van der Waals surface area contributed by atoms with Crippen LogP contribution in [0.5, 0.6) is 5.75 Å². The number of hydrogen-bond acceptors (Lipinski definition) is 4. The third-order valence-corrected chi connectivity index (χ3v) is 8.65. The normalized spacial score (nSPS) is 16.6. The number of para-hydroxylation sites is 2. The molecule has 3 aromatic rings. The van der Waals surface area contributed by atoms with Gasteiger partial charge in [-0.1, -0.05) is 74.0 Å². The van der Waals surface area contributed by atoms with Crippen LogP contribution in [0.3, 0.4) is 0 Å². The maximum Gasteiger partial charge on any atom is 0.264 e. The number of carbonyl (C=O) groups is 1. The van der Waals surface area contributed by atoms with Gasteiger partial charge in [-0.2, -0.15) is 0 Å². The smallest absolute Gasteiger partial charge is 0.264 e. The van der Waals surface area contributed by atoms with E-state index in [4.69, 9.17) is 16.3 Å². The van der Waals surface area contributed by atoms with Crippen LogP contribution in [0.1, 0.15) is 44.7 Å². The van der Waals surface area contributed by atoms with Crippen molar-refractivity contribution in [2.75, 3.05) is 10.8 Å². The molecule has 6 nitrogen and oxygen atoms in total. The van der Waals surface area contributed by atoms with E-state index in [2.05, 4.69) is 19.2 Å². The molecule has 1 amide bonds. The van der Waals surface area contributed by atoms with Crippen molar-refractivity contribution in [3.05, 3.63) is 89.4 Å². The van der Waals surface area contributed by atoms with Crippen molar-refractivity contribution in [2.24, 2.45) is 0 Å². The molecule has 4 rings (SSSR count). The molecule has 0 spiro atoms. The van der Waals surface area contributed by atoms with Crippen LogP contribution >= 0.6 is 11.6 Å². The Balaban J connectivity index is 1.66. The Morgan fingerprint density at radius 3 is 2.31 bits per heavy atom. The molecule has 0 radical (unpaired) electrons. The first-order valence-corrected chi connectivity index (χ1v) is 13.5. The maximum atomic E-state index is 13.6. The zero-order chi connectivity index (χ0) is 25.1. The van der Waals surface area contributed by atoms with Gasteiger partial charge < -0.3 is 10.1 Å². The fraction of sp³-hybridized carbons (Fsp3) is 0.296. The van der Waals surface area contributed by atoms with Crippen molar-refractivity contribution in [2.45, 2.75) is 49.6 Å². The zero-order valence-corrected chi connectivity index (χ0v) is 21.4. The summed E-state index contributed by atoms with van der Waals surface area (Å²) >= 11 is 6.38. The predicted molar refractivity (Wildman–Crippen MR) is 138 cm³/mol. The Bertz CT molecular complexity index is 1290. The summed E-state index contributed by atoms with van der Waals surface area (Å²) in [5.74, 6) is 0.319. The standard InChI is InChI=1S/C27H29ClN2O4S/c1-3-27(4-2)18-23(21-14-8-11-17-25(21)34-27)29-26(31)19-30(24-16-10-9-15-22(24)28)35(32,33)20-12-6-5-7-13-20/h5-17,23H,3-4,18-19H2,1-2H3,(H,29,31). The van der Waals surface area contributed by atoms with Crippen molar-refractivity contribution in [3.8, 4) is 5.75 Å². The number of hydrogen-bond donors (Lipinski definition) is 1. The second kappa shape index (κ2) is 10.3. The number of nitrogens with one attached hydrogen (secondary N) is 1. The minimum Gasteiger partial charge on any atom is -0.487 e. The number of fused-ring (bicyclic) bond motifs is 1. The molecule has 0 aromatic heterocycles. The topological polar surface area (TPSA) is 75.7 Å². The number of amides is 1. The summed E-state index contributed by atoms with van der Waals surface area (Å²) in [4.78, 5) is 13.5. The molecule has 8 heteroatoms. The largest absolute Gasteiger partial charge is 0.487 e. The van der Waals surface area contributed by atoms with Crippen LogP contribution < -0.4 is 14.4 Å². The third kappa shape index (κ3) is 5.16. The van der Waals surface area contributed by atoms with E-state index in [1.165, 1.54) is 12.1 Å². The molecule has 35 heavy (non-hydrogen) atoms. The van der Waals surface area contributed by atoms with Gasteiger partial charge in [0.25, 0.3) is 10.0 Å². The van der Waals surface area contributed by atoms with Gasteiger partial charge in [-0.15, -0.1) is 0 Å². The number of benzene rings is 3. The molecule has 184 valence electrons. The molecule has 1 unspecified atom stereocenters. The number of rotatable bonds is 8. The van der Waals surface area contributed by atoms with E-state index in [0.29, 0.717) is 6.42 Å². The molecule has 0 bridgehead atoms. The SMILES string of the molecule is CCC1(CC)CC(NC(=O)CN(c2ccccc2Cl)S(=O)(=O)c2ccccc2)c2ccccc2O1. The van der Waals surface area contributed by atoms with Gasteiger partial charge in [-0.05, 0) is 43.2 Å². The fourth-order valence-electron chi connectivity index (χ4n) is 4.47. The molecule has 1 N–H and O–H groups in total. The van der Waals surface area contributed by atoms with Crippen LogP contribution in [0.2, 0.25) is 5.02 Å². The maximum absolute atomic E-state index is 13.6. The predicted octanol–water partition coefficient (Wildman–Crippen LogP) is 5.73. The average Bonchev–Trinajstić information content (AvgIpc) is 2.88. The second-order valence-corrected chi connectivity index (χ2v) is 10.9. The Kier molecular flexibility index (Phi) is 7.38. The van der Waals surface area contributed by atoms with E-state index in [9.17, 15) is 13.2 Å². The number of anilines is 1. The van der Waals surface area contributed by atoms with E-state index >= 15 is 0 Å². The van der Waals surface area contributed by atoms with Gasteiger partial charge >= 0.3 is 0 Å². The summed E-state index contributed by atoms with van der Waals surface area (Å²) in [5, 5.41) is 3.32. The summed E-state index contributed by atoms with van der Waals surface area (Å²) in [6.07, 6.45) is 2.18. The van der Waals surface area contributed by atoms with Crippen LogP contribution in [0, 0.1) is 0 Å². The molecule has 3 aromatic carbocycles. The molecule has 0 saturated heterocycles. The highest BCUT2D eigenvalue weighted by atomic mass is 35.5. The van der Waals surface area contributed by atoms with Crippen molar-refractivity contribution in [3.63, 3.8) is 0 Å².